The van der Waals surface area contributed by atoms with Crippen molar-refractivity contribution in [1.29, 1.82) is 0 Å². The summed E-state index contributed by atoms with van der Waals surface area (Å²) in [6.45, 7) is 4.96. The summed E-state index contributed by atoms with van der Waals surface area (Å²) in [5.74, 6) is 1.37. The Morgan fingerprint density at radius 2 is 1.94 bits per heavy atom. The van der Waals surface area contributed by atoms with Crippen molar-refractivity contribution in [2.24, 2.45) is 17.0 Å². The molecule has 1 saturated carbocycles. The Kier molecular flexibility index (Phi) is 5.21. The highest BCUT2D eigenvalue weighted by molar-refractivity contribution is 7.89. The quantitative estimate of drug-likeness (QED) is 0.764. The Bertz CT molecular complexity index is 301. The van der Waals surface area contributed by atoms with E-state index in [1.165, 1.54) is 19.3 Å². The summed E-state index contributed by atoms with van der Waals surface area (Å²) in [7, 11) is -3.33. The molecular formula is C11H24N2O2S. The van der Waals surface area contributed by atoms with Gasteiger partial charge in [0.25, 0.3) is 0 Å². The molecule has 96 valence electrons. The molecule has 4 nitrogen and oxygen atoms in total. The van der Waals surface area contributed by atoms with E-state index in [-0.39, 0.29) is 5.75 Å². The van der Waals surface area contributed by atoms with Crippen LogP contribution in [0.3, 0.4) is 0 Å². The van der Waals surface area contributed by atoms with Crippen molar-refractivity contribution in [3.05, 3.63) is 0 Å². The lowest BCUT2D eigenvalue weighted by molar-refractivity contribution is 0.208. The Labute approximate surface area is 99.0 Å². The maximum absolute atomic E-state index is 10.8. The van der Waals surface area contributed by atoms with Gasteiger partial charge in [0.2, 0.25) is 10.0 Å². The summed E-state index contributed by atoms with van der Waals surface area (Å²) in [6, 6.07) is 0.468. The van der Waals surface area contributed by atoms with Gasteiger partial charge in [-0.1, -0.05) is 26.7 Å². The number of nitrogens with two attached hydrogens (primary N) is 1. The smallest absolute Gasteiger partial charge is 0.210 e. The zero-order chi connectivity index (χ0) is 12.2. The van der Waals surface area contributed by atoms with Crippen molar-refractivity contribution in [1.82, 2.24) is 5.32 Å². The molecule has 16 heavy (non-hydrogen) atoms. The van der Waals surface area contributed by atoms with Gasteiger partial charge in [0, 0.05) is 12.6 Å². The second-order valence-electron chi connectivity index (χ2n) is 5.12. The molecule has 0 spiro atoms. The van der Waals surface area contributed by atoms with E-state index in [0.29, 0.717) is 24.4 Å². The van der Waals surface area contributed by atoms with Crippen LogP contribution in [0.15, 0.2) is 0 Å². The highest BCUT2D eigenvalue weighted by Gasteiger charge is 2.26. The highest BCUT2D eigenvalue weighted by Crippen LogP contribution is 2.29. The average molecular weight is 248 g/mol. The van der Waals surface area contributed by atoms with Crippen LogP contribution in [0.5, 0.6) is 0 Å². The Morgan fingerprint density at radius 3 is 2.50 bits per heavy atom. The third-order valence-corrected chi connectivity index (χ3v) is 4.24. The maximum atomic E-state index is 10.8. The van der Waals surface area contributed by atoms with Gasteiger partial charge in [-0.05, 0) is 24.7 Å². The molecule has 5 heteroatoms. The first-order valence-corrected chi connectivity index (χ1v) is 7.85. The molecule has 1 aliphatic carbocycles. The van der Waals surface area contributed by atoms with Gasteiger partial charge >= 0.3 is 0 Å². The number of rotatable bonds is 5. The molecule has 0 radical (unpaired) electrons. The zero-order valence-electron chi connectivity index (χ0n) is 10.3. The number of primary sulfonamides is 1. The maximum Gasteiger partial charge on any atom is 0.210 e. The third kappa shape index (κ3) is 4.80. The highest BCUT2D eigenvalue weighted by atomic mass is 32.2. The molecule has 0 aliphatic heterocycles. The fourth-order valence-corrected chi connectivity index (χ4v) is 3.00. The van der Waals surface area contributed by atoms with Crippen LogP contribution in [0, 0.1) is 11.8 Å². The molecule has 1 rings (SSSR count). The van der Waals surface area contributed by atoms with E-state index in [9.17, 15) is 8.42 Å². The Morgan fingerprint density at radius 1 is 1.31 bits per heavy atom. The van der Waals surface area contributed by atoms with E-state index >= 15 is 0 Å². The van der Waals surface area contributed by atoms with Crippen LogP contribution in [0.2, 0.25) is 0 Å². The van der Waals surface area contributed by atoms with Crippen molar-refractivity contribution in [2.45, 2.75) is 45.6 Å². The minimum absolute atomic E-state index is 0.0360. The standard InChI is InChI=1S/C11H24N2O2S/c1-9(2)10-5-3-4-6-11(10)13-7-8-16(12,14)15/h9-11,13H,3-8H2,1-2H3,(H2,12,14,15). The predicted octanol–water partition coefficient (Wildman–Crippen LogP) is 1.08. The van der Waals surface area contributed by atoms with Crippen molar-refractivity contribution in [3.8, 4) is 0 Å². The fourth-order valence-electron chi connectivity index (χ4n) is 2.60. The summed E-state index contributed by atoms with van der Waals surface area (Å²) >= 11 is 0. The van der Waals surface area contributed by atoms with Crippen molar-refractivity contribution in [3.63, 3.8) is 0 Å². The van der Waals surface area contributed by atoms with Gasteiger partial charge in [0.05, 0.1) is 5.75 Å². The van der Waals surface area contributed by atoms with Gasteiger partial charge in [-0.15, -0.1) is 0 Å². The topological polar surface area (TPSA) is 72.2 Å². The van der Waals surface area contributed by atoms with Gasteiger partial charge in [-0.3, -0.25) is 0 Å². The molecule has 2 atom stereocenters. The SMILES string of the molecule is CC(C)C1CCCCC1NCCS(N)(=O)=O. The largest absolute Gasteiger partial charge is 0.313 e. The number of sulfonamides is 1. The van der Waals surface area contributed by atoms with Gasteiger partial charge in [0.1, 0.15) is 0 Å². The second kappa shape index (κ2) is 5.98. The molecule has 0 aromatic rings. The average Bonchev–Trinajstić information content (AvgIpc) is 2.16. The van der Waals surface area contributed by atoms with Crippen molar-refractivity contribution >= 4 is 10.0 Å². The molecule has 1 aliphatic rings. The van der Waals surface area contributed by atoms with Crippen molar-refractivity contribution < 1.29 is 8.42 Å². The minimum atomic E-state index is -3.33. The molecule has 0 heterocycles. The van der Waals surface area contributed by atoms with Crippen LogP contribution >= 0.6 is 0 Å². The predicted molar refractivity (Wildman–Crippen MR) is 66.6 cm³/mol. The molecule has 3 N–H and O–H groups in total. The summed E-state index contributed by atoms with van der Waals surface area (Å²) in [6.07, 6.45) is 4.96. The Hall–Kier alpha value is -0.130. The zero-order valence-corrected chi connectivity index (χ0v) is 11.1. The molecule has 0 aromatic carbocycles. The first-order chi connectivity index (χ1) is 7.40. The lowest BCUT2D eigenvalue weighted by atomic mass is 9.78. The van der Waals surface area contributed by atoms with Crippen LogP contribution in [-0.4, -0.2) is 26.8 Å². The van der Waals surface area contributed by atoms with E-state index in [0.717, 1.165) is 6.42 Å². The van der Waals surface area contributed by atoms with Crippen LogP contribution in [0.25, 0.3) is 0 Å². The first kappa shape index (κ1) is 13.9. The molecule has 2 unspecified atom stereocenters. The van der Waals surface area contributed by atoms with E-state index in [1.807, 2.05) is 0 Å². The van der Waals surface area contributed by atoms with Crippen LogP contribution in [0.4, 0.5) is 0 Å². The van der Waals surface area contributed by atoms with Crippen LogP contribution in [-0.2, 0) is 10.0 Å². The van der Waals surface area contributed by atoms with Gasteiger partial charge < -0.3 is 5.32 Å². The van der Waals surface area contributed by atoms with Crippen LogP contribution in [0.1, 0.15) is 39.5 Å². The summed E-state index contributed by atoms with van der Waals surface area (Å²) in [5, 5.41) is 8.33. The fraction of sp³-hybridized carbons (Fsp3) is 1.00. The molecule has 0 bridgehead atoms. The third-order valence-electron chi connectivity index (χ3n) is 3.47. The van der Waals surface area contributed by atoms with Gasteiger partial charge in [0.15, 0.2) is 0 Å². The van der Waals surface area contributed by atoms with E-state index < -0.39 is 10.0 Å². The van der Waals surface area contributed by atoms with E-state index in [4.69, 9.17) is 5.14 Å². The molecule has 1 fully saturated rings. The monoisotopic (exact) mass is 248 g/mol. The molecule has 0 amide bonds. The lowest BCUT2D eigenvalue weighted by Gasteiger charge is -2.35. The molecule has 0 aromatic heterocycles. The van der Waals surface area contributed by atoms with Crippen LogP contribution < -0.4 is 10.5 Å². The van der Waals surface area contributed by atoms with E-state index in [1.54, 1.807) is 0 Å². The number of hydrogen-bond acceptors (Lipinski definition) is 3. The summed E-state index contributed by atoms with van der Waals surface area (Å²) < 4.78 is 21.7. The van der Waals surface area contributed by atoms with Gasteiger partial charge in [-0.2, -0.15) is 0 Å². The molecule has 0 saturated heterocycles. The Balaban J connectivity index is 2.38. The summed E-state index contributed by atoms with van der Waals surface area (Å²) in [4.78, 5) is 0. The van der Waals surface area contributed by atoms with Gasteiger partial charge in [-0.25, -0.2) is 13.6 Å². The number of nitrogens with one attached hydrogen (secondary N) is 1. The molecular weight excluding hydrogens is 224 g/mol. The lowest BCUT2D eigenvalue weighted by Crippen LogP contribution is -2.43. The van der Waals surface area contributed by atoms with E-state index in [2.05, 4.69) is 19.2 Å². The summed E-state index contributed by atoms with van der Waals surface area (Å²) in [5.41, 5.74) is 0. The van der Waals surface area contributed by atoms with Crippen molar-refractivity contribution in [2.75, 3.05) is 12.3 Å². The second-order valence-corrected chi connectivity index (χ2v) is 6.85. The number of hydrogen-bond donors (Lipinski definition) is 2. The minimum Gasteiger partial charge on any atom is -0.313 e. The first-order valence-electron chi connectivity index (χ1n) is 6.14. The normalized spacial score (nSPS) is 27.2.